The summed E-state index contributed by atoms with van der Waals surface area (Å²) in [4.78, 5) is 14.7. The van der Waals surface area contributed by atoms with Crippen LogP contribution < -0.4 is 10.6 Å². The molecule has 0 spiro atoms. The van der Waals surface area contributed by atoms with Gasteiger partial charge in [0.1, 0.15) is 11.6 Å². The summed E-state index contributed by atoms with van der Waals surface area (Å²) in [6.45, 7) is 3.30. The van der Waals surface area contributed by atoms with Crippen molar-refractivity contribution < 1.29 is 9.13 Å². The van der Waals surface area contributed by atoms with Crippen molar-refractivity contribution in [3.63, 3.8) is 0 Å². The first kappa shape index (κ1) is 16.4. The summed E-state index contributed by atoms with van der Waals surface area (Å²) in [5.74, 6) is 1.55. The number of rotatable bonds is 9. The van der Waals surface area contributed by atoms with Crippen LogP contribution in [0.2, 0.25) is 0 Å². The first-order valence-electron chi connectivity index (χ1n) is 6.47. The minimum Gasteiger partial charge on any atom is -0.370 e. The quantitative estimate of drug-likeness (QED) is 0.411. The zero-order valence-electron chi connectivity index (χ0n) is 11.7. The molecule has 0 saturated heterocycles. The Morgan fingerprint density at radius 3 is 2.40 bits per heavy atom. The standard InChI is InChI=1S/C12H20N4O3S/c1-3-5-13-11-8-10(16(17)18)9-12(15-11)14-6-4-7-20(2)19/h8-9H,3-7H2,1-2H3,(H2,13,14,15). The van der Waals surface area contributed by atoms with Gasteiger partial charge < -0.3 is 10.6 Å². The summed E-state index contributed by atoms with van der Waals surface area (Å²) in [6, 6.07) is 2.82. The normalized spacial score (nSPS) is 11.9. The highest BCUT2D eigenvalue weighted by molar-refractivity contribution is 7.84. The fraction of sp³-hybridized carbons (Fsp3) is 0.583. The number of nitrogens with zero attached hydrogens (tertiary/aromatic N) is 2. The van der Waals surface area contributed by atoms with Crippen molar-refractivity contribution in [2.75, 3.05) is 35.7 Å². The predicted molar refractivity (Wildman–Crippen MR) is 81.7 cm³/mol. The van der Waals surface area contributed by atoms with Crippen molar-refractivity contribution in [3.8, 4) is 0 Å². The SMILES string of the molecule is CCCNc1cc([N+](=O)[O-])cc(NCCCS(C)=O)n1. The van der Waals surface area contributed by atoms with E-state index in [4.69, 9.17) is 0 Å². The Hall–Kier alpha value is -1.70. The first-order chi connectivity index (χ1) is 9.52. The van der Waals surface area contributed by atoms with Gasteiger partial charge in [0.15, 0.2) is 0 Å². The van der Waals surface area contributed by atoms with Crippen molar-refractivity contribution in [1.29, 1.82) is 0 Å². The first-order valence-corrected chi connectivity index (χ1v) is 8.20. The van der Waals surface area contributed by atoms with Crippen molar-refractivity contribution in [3.05, 3.63) is 22.2 Å². The molecule has 1 atom stereocenters. The van der Waals surface area contributed by atoms with Crippen LogP contribution in [0.15, 0.2) is 12.1 Å². The van der Waals surface area contributed by atoms with Gasteiger partial charge in [-0.15, -0.1) is 0 Å². The molecule has 112 valence electrons. The minimum atomic E-state index is -0.825. The van der Waals surface area contributed by atoms with Gasteiger partial charge in [-0.1, -0.05) is 6.92 Å². The molecule has 2 N–H and O–H groups in total. The second-order valence-corrected chi connectivity index (χ2v) is 5.89. The van der Waals surface area contributed by atoms with Gasteiger partial charge in [0, 0.05) is 35.9 Å². The maximum absolute atomic E-state index is 10.9. The molecule has 0 aliphatic heterocycles. The van der Waals surface area contributed by atoms with Crippen LogP contribution in [0.4, 0.5) is 17.3 Å². The summed E-state index contributed by atoms with van der Waals surface area (Å²) < 4.78 is 10.9. The molecule has 0 radical (unpaired) electrons. The number of nitrogens with one attached hydrogen (secondary N) is 2. The average molecular weight is 300 g/mol. The molecular formula is C12H20N4O3S. The van der Waals surface area contributed by atoms with Gasteiger partial charge in [-0.05, 0) is 12.8 Å². The molecule has 1 unspecified atom stereocenters. The smallest absolute Gasteiger partial charge is 0.276 e. The minimum absolute atomic E-state index is 0.000158. The lowest BCUT2D eigenvalue weighted by atomic mass is 10.3. The lowest BCUT2D eigenvalue weighted by Crippen LogP contribution is -2.09. The van der Waals surface area contributed by atoms with E-state index in [1.807, 2.05) is 6.92 Å². The zero-order valence-corrected chi connectivity index (χ0v) is 12.5. The van der Waals surface area contributed by atoms with Crippen LogP contribution in [-0.2, 0) is 10.8 Å². The van der Waals surface area contributed by atoms with Gasteiger partial charge in [0.05, 0.1) is 17.1 Å². The van der Waals surface area contributed by atoms with Crippen molar-refractivity contribution in [2.45, 2.75) is 19.8 Å². The van der Waals surface area contributed by atoms with E-state index in [0.29, 0.717) is 30.5 Å². The second-order valence-electron chi connectivity index (χ2n) is 4.34. The van der Waals surface area contributed by atoms with E-state index in [-0.39, 0.29) is 5.69 Å². The molecule has 0 fully saturated rings. The van der Waals surface area contributed by atoms with Crippen molar-refractivity contribution in [2.24, 2.45) is 0 Å². The molecule has 8 heteroatoms. The molecule has 0 saturated carbocycles. The van der Waals surface area contributed by atoms with Crippen LogP contribution in [0, 0.1) is 10.1 Å². The number of nitro groups is 1. The summed E-state index contributed by atoms with van der Waals surface area (Å²) >= 11 is 0. The van der Waals surface area contributed by atoms with Crippen LogP contribution >= 0.6 is 0 Å². The third-order valence-corrected chi connectivity index (χ3v) is 3.36. The molecule has 7 nitrogen and oxygen atoms in total. The molecule has 0 aliphatic carbocycles. The van der Waals surface area contributed by atoms with E-state index in [2.05, 4.69) is 15.6 Å². The second kappa shape index (κ2) is 8.47. The van der Waals surface area contributed by atoms with E-state index in [1.54, 1.807) is 6.26 Å². The summed E-state index contributed by atoms with van der Waals surface area (Å²) in [5.41, 5.74) is 0.000158. The van der Waals surface area contributed by atoms with Crippen LogP contribution in [-0.4, -0.2) is 39.2 Å². The fourth-order valence-corrected chi connectivity index (χ4v) is 2.10. The van der Waals surface area contributed by atoms with Crippen molar-refractivity contribution in [1.82, 2.24) is 4.98 Å². The maximum atomic E-state index is 10.9. The molecular weight excluding hydrogens is 280 g/mol. The summed E-state index contributed by atoms with van der Waals surface area (Å²) in [6.07, 6.45) is 3.29. The predicted octanol–water partition coefficient (Wildman–Crippen LogP) is 1.99. The largest absolute Gasteiger partial charge is 0.370 e. The van der Waals surface area contributed by atoms with Gasteiger partial charge in [-0.25, -0.2) is 4.98 Å². The molecule has 0 bridgehead atoms. The molecule has 0 aliphatic rings. The van der Waals surface area contributed by atoms with Gasteiger partial charge in [-0.3, -0.25) is 14.3 Å². The van der Waals surface area contributed by atoms with Crippen LogP contribution in [0.25, 0.3) is 0 Å². The number of pyridine rings is 1. The highest BCUT2D eigenvalue weighted by Gasteiger charge is 2.10. The van der Waals surface area contributed by atoms with E-state index in [1.165, 1.54) is 12.1 Å². The Labute approximate surface area is 120 Å². The van der Waals surface area contributed by atoms with E-state index in [0.717, 1.165) is 12.8 Å². The highest BCUT2D eigenvalue weighted by Crippen LogP contribution is 2.20. The van der Waals surface area contributed by atoms with Crippen LogP contribution in [0.5, 0.6) is 0 Å². The maximum Gasteiger partial charge on any atom is 0.276 e. The topological polar surface area (TPSA) is 97.2 Å². The van der Waals surface area contributed by atoms with E-state index < -0.39 is 15.7 Å². The van der Waals surface area contributed by atoms with Crippen LogP contribution in [0.3, 0.4) is 0 Å². The number of hydrogen-bond donors (Lipinski definition) is 2. The van der Waals surface area contributed by atoms with Crippen molar-refractivity contribution >= 4 is 28.1 Å². The number of anilines is 2. The number of hydrogen-bond acceptors (Lipinski definition) is 6. The van der Waals surface area contributed by atoms with Gasteiger partial charge in [-0.2, -0.15) is 0 Å². The molecule has 0 aromatic carbocycles. The van der Waals surface area contributed by atoms with Gasteiger partial charge in [0.2, 0.25) is 0 Å². The van der Waals surface area contributed by atoms with E-state index >= 15 is 0 Å². The summed E-state index contributed by atoms with van der Waals surface area (Å²) in [5, 5.41) is 16.9. The monoisotopic (exact) mass is 300 g/mol. The van der Waals surface area contributed by atoms with Gasteiger partial charge in [0.25, 0.3) is 5.69 Å². The Bertz CT molecular complexity index is 482. The lowest BCUT2D eigenvalue weighted by molar-refractivity contribution is -0.384. The third kappa shape index (κ3) is 5.96. The molecule has 1 aromatic heterocycles. The third-order valence-electron chi connectivity index (χ3n) is 2.49. The fourth-order valence-electron chi connectivity index (χ4n) is 1.55. The Morgan fingerprint density at radius 2 is 1.90 bits per heavy atom. The van der Waals surface area contributed by atoms with Gasteiger partial charge >= 0.3 is 0 Å². The summed E-state index contributed by atoms with van der Waals surface area (Å²) in [7, 11) is -0.825. The molecule has 1 heterocycles. The molecule has 1 rings (SSSR count). The molecule has 1 aromatic rings. The average Bonchev–Trinajstić information content (AvgIpc) is 2.41. The molecule has 0 amide bonds. The highest BCUT2D eigenvalue weighted by atomic mass is 32.2. The number of aromatic nitrogens is 1. The zero-order chi connectivity index (χ0) is 15.0. The molecule has 20 heavy (non-hydrogen) atoms. The van der Waals surface area contributed by atoms with E-state index in [9.17, 15) is 14.3 Å². The van der Waals surface area contributed by atoms with Crippen LogP contribution in [0.1, 0.15) is 19.8 Å². The Balaban J connectivity index is 2.70. The Kier molecular flexibility index (Phi) is 6.92. The lowest BCUT2D eigenvalue weighted by Gasteiger charge is -2.08. The Morgan fingerprint density at radius 1 is 1.30 bits per heavy atom.